The van der Waals surface area contributed by atoms with Crippen molar-refractivity contribution >= 4 is 39.5 Å². The summed E-state index contributed by atoms with van der Waals surface area (Å²) in [7, 11) is -9.95. The fourth-order valence-corrected chi connectivity index (χ4v) is 12.4. The monoisotopic (exact) mass is 1430 g/mol. The molecule has 0 aliphatic carbocycles. The minimum Gasteiger partial charge on any atom is -0.462 e. The molecule has 0 rings (SSSR count). The summed E-state index contributed by atoms with van der Waals surface area (Å²) >= 11 is 0. The number of hydrogen-bond donors (Lipinski definition) is 3. The summed E-state index contributed by atoms with van der Waals surface area (Å²) in [5.41, 5.74) is 0. The van der Waals surface area contributed by atoms with E-state index in [9.17, 15) is 43.2 Å². The number of phosphoric ester groups is 2. The maximum atomic E-state index is 13.1. The Morgan fingerprint density at radius 1 is 0.286 bits per heavy atom. The summed E-state index contributed by atoms with van der Waals surface area (Å²) < 4.78 is 68.5. The highest BCUT2D eigenvalue weighted by atomic mass is 31.2. The molecule has 0 aromatic rings. The van der Waals surface area contributed by atoms with Crippen molar-refractivity contribution in [3.8, 4) is 0 Å². The summed E-state index contributed by atoms with van der Waals surface area (Å²) in [5.74, 6) is -2.18. The predicted octanol–water partition coefficient (Wildman–Crippen LogP) is 22.7. The van der Waals surface area contributed by atoms with Crippen LogP contribution in [0.25, 0.3) is 0 Å². The summed E-state index contributed by atoms with van der Waals surface area (Å²) in [6.45, 7) is 4.84. The number of esters is 4. The maximum Gasteiger partial charge on any atom is 0.472 e. The lowest BCUT2D eigenvalue weighted by atomic mass is 10.1. The van der Waals surface area contributed by atoms with Crippen LogP contribution in [0.5, 0.6) is 0 Å². The molecule has 572 valence electrons. The summed E-state index contributed by atoms with van der Waals surface area (Å²) in [4.78, 5) is 72.9. The second-order valence-electron chi connectivity index (χ2n) is 26.6. The number of ether oxygens (including phenoxy) is 4. The van der Waals surface area contributed by atoms with Gasteiger partial charge in [0.25, 0.3) is 0 Å². The number of carbonyl (C=O) groups excluding carboxylic acids is 4. The molecule has 0 heterocycles. The van der Waals surface area contributed by atoms with Gasteiger partial charge in [-0.15, -0.1) is 0 Å². The molecule has 0 fully saturated rings. The van der Waals surface area contributed by atoms with Crippen LogP contribution in [0.1, 0.15) is 362 Å². The molecule has 0 aromatic heterocycles. The Kier molecular flexibility index (Phi) is 69.7. The maximum absolute atomic E-state index is 13.1. The molecule has 19 heteroatoms. The molecular weight excluding hydrogens is 1280 g/mol. The van der Waals surface area contributed by atoms with Gasteiger partial charge in [-0.3, -0.25) is 37.3 Å². The molecule has 2 unspecified atom stereocenters. The molecule has 5 atom stereocenters. The Labute approximate surface area is 597 Å². The van der Waals surface area contributed by atoms with Gasteiger partial charge in [0, 0.05) is 25.7 Å². The van der Waals surface area contributed by atoms with Crippen molar-refractivity contribution in [1.29, 1.82) is 0 Å². The zero-order valence-electron chi connectivity index (χ0n) is 62.5. The number of aliphatic hydroxyl groups is 1. The lowest BCUT2D eigenvalue weighted by Crippen LogP contribution is -2.30. The number of carbonyl (C=O) groups is 4. The van der Waals surface area contributed by atoms with Crippen molar-refractivity contribution < 1.29 is 80.2 Å². The topological polar surface area (TPSA) is 237 Å². The van der Waals surface area contributed by atoms with Crippen molar-refractivity contribution in [3.63, 3.8) is 0 Å². The van der Waals surface area contributed by atoms with E-state index in [1.54, 1.807) is 0 Å². The molecule has 0 aliphatic rings. The third-order valence-corrected chi connectivity index (χ3v) is 18.8. The number of unbranched alkanes of at least 4 members (excludes halogenated alkanes) is 39. The third-order valence-electron chi connectivity index (χ3n) is 16.9. The van der Waals surface area contributed by atoms with Crippen LogP contribution in [-0.4, -0.2) is 96.7 Å². The minimum absolute atomic E-state index is 0.0808. The Balaban J connectivity index is 5.35. The number of phosphoric acid groups is 2. The number of hydrogen-bond acceptors (Lipinski definition) is 15. The zero-order chi connectivity index (χ0) is 71.8. The van der Waals surface area contributed by atoms with E-state index in [1.807, 2.05) is 0 Å². The molecule has 3 N–H and O–H groups in total. The van der Waals surface area contributed by atoms with Crippen LogP contribution >= 0.6 is 15.6 Å². The highest BCUT2D eigenvalue weighted by Crippen LogP contribution is 2.45. The Bertz CT molecular complexity index is 2100. The van der Waals surface area contributed by atoms with E-state index in [4.69, 9.17) is 37.0 Å². The molecule has 0 saturated carbocycles. The fourth-order valence-electron chi connectivity index (χ4n) is 10.8. The Hall–Kier alpha value is -3.24. The zero-order valence-corrected chi connectivity index (χ0v) is 64.3. The van der Waals surface area contributed by atoms with Gasteiger partial charge in [0.05, 0.1) is 26.4 Å². The molecule has 0 aliphatic heterocycles. The van der Waals surface area contributed by atoms with E-state index in [0.717, 1.165) is 161 Å². The average Bonchev–Trinajstić information content (AvgIpc) is 1.05. The summed E-state index contributed by atoms with van der Waals surface area (Å²) in [6, 6.07) is 0. The van der Waals surface area contributed by atoms with Crippen molar-refractivity contribution in [2.45, 2.75) is 380 Å². The molecule has 98 heavy (non-hydrogen) atoms. The van der Waals surface area contributed by atoms with Crippen molar-refractivity contribution in [3.05, 3.63) is 60.8 Å². The Morgan fingerprint density at radius 3 is 0.796 bits per heavy atom. The molecule has 0 radical (unpaired) electrons. The SMILES string of the molecule is CCCCC/C=C\C/C=C\CCCCCCCC(=O)O[C@H](COC(=O)CCCCCCC/C=C\CCCCCC)COP(=O)(O)OC[C@H](O)COP(=O)(O)OC[C@@H](COC(=O)CCCCCCCCC/C=C\CCCCCC)OC(=O)CCCCCCC/C=C\CCCCCCCC. The average molecular weight is 1430 g/mol. The van der Waals surface area contributed by atoms with E-state index >= 15 is 0 Å². The number of allylic oxidation sites excluding steroid dienone is 10. The van der Waals surface area contributed by atoms with Gasteiger partial charge in [-0.25, -0.2) is 9.13 Å². The minimum atomic E-state index is -4.97. The van der Waals surface area contributed by atoms with E-state index in [2.05, 4.69) is 88.5 Å². The second-order valence-corrected chi connectivity index (χ2v) is 29.5. The molecule has 0 aromatic carbocycles. The highest BCUT2D eigenvalue weighted by molar-refractivity contribution is 7.47. The van der Waals surface area contributed by atoms with E-state index in [-0.39, 0.29) is 25.7 Å². The first kappa shape index (κ1) is 94.8. The van der Waals surface area contributed by atoms with Gasteiger partial charge in [0.15, 0.2) is 12.2 Å². The molecular formula is C79H144O17P2. The molecule has 0 saturated heterocycles. The summed E-state index contributed by atoms with van der Waals surface area (Å²) in [5, 5.41) is 10.6. The highest BCUT2D eigenvalue weighted by Gasteiger charge is 2.30. The van der Waals surface area contributed by atoms with Crippen LogP contribution in [-0.2, 0) is 65.4 Å². The van der Waals surface area contributed by atoms with Crippen LogP contribution in [0.3, 0.4) is 0 Å². The van der Waals surface area contributed by atoms with Gasteiger partial charge in [-0.05, 0) is 135 Å². The summed E-state index contributed by atoms with van der Waals surface area (Å²) in [6.07, 6.45) is 70.5. The first-order valence-corrected chi connectivity index (χ1v) is 42.5. The van der Waals surface area contributed by atoms with E-state index < -0.39 is 97.5 Å². The lowest BCUT2D eigenvalue weighted by molar-refractivity contribution is -0.161. The van der Waals surface area contributed by atoms with Crippen LogP contribution in [0.4, 0.5) is 0 Å². The standard InChI is InChI=1S/C79H144O17P2/c1-5-9-13-17-21-25-29-33-36-40-44-48-52-56-60-64-77(82)90-70-75(96-79(84)66-62-58-54-50-46-42-38-35-31-27-23-19-15-11-7-3)72-94-98(87,88)92-68-73(80)67-91-97(85,86)93-71-74(69-89-76(81)63-59-55-51-47-43-39-32-28-24-20-16-12-8-4)95-78(83)65-61-57-53-49-45-41-37-34-30-26-22-18-14-10-6-2/h22,25-26,28-29,32,34-35,37-38,73-75,80H,5-21,23-24,27,30-31,33,36,39-72H2,1-4H3,(H,85,86)(H,87,88)/b26-22-,29-25-,32-28-,37-34-,38-35-/t73-,74+,75+/m0/s1. The van der Waals surface area contributed by atoms with Gasteiger partial charge >= 0.3 is 39.5 Å². The first-order valence-electron chi connectivity index (χ1n) is 39.5. The predicted molar refractivity (Wildman–Crippen MR) is 400 cm³/mol. The number of rotatable bonds is 75. The quantitative estimate of drug-likeness (QED) is 0.0169. The van der Waals surface area contributed by atoms with Crippen LogP contribution in [0.15, 0.2) is 60.8 Å². The second kappa shape index (κ2) is 72.1. The largest absolute Gasteiger partial charge is 0.472 e. The Morgan fingerprint density at radius 2 is 0.500 bits per heavy atom. The van der Waals surface area contributed by atoms with Crippen molar-refractivity contribution in [2.75, 3.05) is 39.6 Å². The van der Waals surface area contributed by atoms with Gasteiger partial charge in [-0.2, -0.15) is 0 Å². The molecule has 0 amide bonds. The van der Waals surface area contributed by atoms with Gasteiger partial charge < -0.3 is 33.8 Å². The van der Waals surface area contributed by atoms with Crippen LogP contribution in [0.2, 0.25) is 0 Å². The first-order chi connectivity index (χ1) is 47.7. The normalized spacial score (nSPS) is 14.2. The smallest absolute Gasteiger partial charge is 0.462 e. The van der Waals surface area contributed by atoms with Gasteiger partial charge in [0.2, 0.25) is 0 Å². The number of aliphatic hydroxyl groups excluding tert-OH is 1. The molecule has 0 bridgehead atoms. The molecule has 17 nitrogen and oxygen atoms in total. The lowest BCUT2D eigenvalue weighted by Gasteiger charge is -2.21. The van der Waals surface area contributed by atoms with E-state index in [1.165, 1.54) is 122 Å². The fraction of sp³-hybridized carbons (Fsp3) is 0.823. The third kappa shape index (κ3) is 71.2. The molecule has 0 spiro atoms. The van der Waals surface area contributed by atoms with Gasteiger partial charge in [-0.1, -0.05) is 262 Å². The van der Waals surface area contributed by atoms with Crippen LogP contribution in [0, 0.1) is 0 Å². The van der Waals surface area contributed by atoms with Crippen molar-refractivity contribution in [2.24, 2.45) is 0 Å². The van der Waals surface area contributed by atoms with E-state index in [0.29, 0.717) is 25.7 Å². The van der Waals surface area contributed by atoms with Crippen LogP contribution < -0.4 is 0 Å². The van der Waals surface area contributed by atoms with Gasteiger partial charge in [0.1, 0.15) is 19.3 Å². The van der Waals surface area contributed by atoms with Crippen molar-refractivity contribution in [1.82, 2.24) is 0 Å².